The van der Waals surface area contributed by atoms with Gasteiger partial charge in [-0.3, -0.25) is 14.6 Å². The van der Waals surface area contributed by atoms with Crippen molar-refractivity contribution in [1.29, 1.82) is 0 Å². The molecule has 1 amide bonds. The van der Waals surface area contributed by atoms with Gasteiger partial charge in [0.15, 0.2) is 0 Å². The van der Waals surface area contributed by atoms with Crippen LogP contribution in [0, 0.1) is 12.7 Å². The first-order valence-electron chi connectivity index (χ1n) is 8.13. The van der Waals surface area contributed by atoms with Gasteiger partial charge in [-0.1, -0.05) is 6.07 Å². The molecular weight excluding hydrogens is 309 g/mol. The summed E-state index contributed by atoms with van der Waals surface area (Å²) in [7, 11) is 0. The van der Waals surface area contributed by atoms with E-state index in [4.69, 9.17) is 4.42 Å². The average molecular weight is 331 g/mol. The SMILES string of the molecule is Cc1ccc(NC(=O)CN2CCN(Cc3ccco3)CC2)c(F)c1. The van der Waals surface area contributed by atoms with Gasteiger partial charge in [-0.25, -0.2) is 4.39 Å². The zero-order valence-electron chi connectivity index (χ0n) is 13.8. The molecule has 3 rings (SSSR count). The number of furan rings is 1. The van der Waals surface area contributed by atoms with Gasteiger partial charge in [-0.2, -0.15) is 0 Å². The van der Waals surface area contributed by atoms with Crippen LogP contribution in [0.4, 0.5) is 10.1 Å². The van der Waals surface area contributed by atoms with Crippen molar-refractivity contribution in [3.8, 4) is 0 Å². The van der Waals surface area contributed by atoms with Crippen molar-refractivity contribution in [1.82, 2.24) is 9.80 Å². The second kappa shape index (κ2) is 7.59. The minimum atomic E-state index is -0.397. The minimum Gasteiger partial charge on any atom is -0.468 e. The Morgan fingerprint density at radius 2 is 1.96 bits per heavy atom. The molecule has 1 aliphatic heterocycles. The molecule has 2 heterocycles. The lowest BCUT2D eigenvalue weighted by atomic mass is 10.2. The summed E-state index contributed by atoms with van der Waals surface area (Å²) in [6, 6.07) is 8.66. The van der Waals surface area contributed by atoms with Crippen LogP contribution in [0.25, 0.3) is 0 Å². The molecule has 128 valence electrons. The maximum absolute atomic E-state index is 13.8. The van der Waals surface area contributed by atoms with Crippen LogP contribution < -0.4 is 5.32 Å². The molecule has 0 saturated carbocycles. The van der Waals surface area contributed by atoms with Gasteiger partial charge in [0.2, 0.25) is 5.91 Å². The van der Waals surface area contributed by atoms with Gasteiger partial charge in [0.05, 0.1) is 25.0 Å². The third-order valence-electron chi connectivity index (χ3n) is 4.19. The van der Waals surface area contributed by atoms with E-state index in [1.807, 2.05) is 19.1 Å². The van der Waals surface area contributed by atoms with E-state index in [9.17, 15) is 9.18 Å². The summed E-state index contributed by atoms with van der Waals surface area (Å²) in [6.07, 6.45) is 1.68. The van der Waals surface area contributed by atoms with E-state index >= 15 is 0 Å². The fraction of sp³-hybridized carbons (Fsp3) is 0.389. The number of anilines is 1. The fourth-order valence-electron chi connectivity index (χ4n) is 2.84. The molecule has 1 aliphatic rings. The molecule has 2 aromatic rings. The van der Waals surface area contributed by atoms with E-state index in [2.05, 4.69) is 15.1 Å². The van der Waals surface area contributed by atoms with Gasteiger partial charge >= 0.3 is 0 Å². The number of hydrogen-bond acceptors (Lipinski definition) is 4. The van der Waals surface area contributed by atoms with Crippen molar-refractivity contribution in [3.63, 3.8) is 0 Å². The van der Waals surface area contributed by atoms with Crippen LogP contribution >= 0.6 is 0 Å². The number of aryl methyl sites for hydroxylation is 1. The molecule has 0 atom stereocenters. The number of piperazine rings is 1. The first-order chi connectivity index (χ1) is 11.6. The monoisotopic (exact) mass is 331 g/mol. The molecule has 0 aliphatic carbocycles. The highest BCUT2D eigenvalue weighted by Crippen LogP contribution is 2.15. The molecular formula is C18H22FN3O2. The van der Waals surface area contributed by atoms with Crippen LogP contribution in [-0.2, 0) is 11.3 Å². The average Bonchev–Trinajstić information content (AvgIpc) is 3.05. The number of carbonyl (C=O) groups excluding carboxylic acids is 1. The third kappa shape index (κ3) is 4.43. The Morgan fingerprint density at radius 3 is 2.62 bits per heavy atom. The lowest BCUT2D eigenvalue weighted by Crippen LogP contribution is -2.48. The molecule has 6 heteroatoms. The van der Waals surface area contributed by atoms with Crippen molar-refractivity contribution in [2.75, 3.05) is 38.0 Å². The largest absolute Gasteiger partial charge is 0.468 e. The number of amides is 1. The smallest absolute Gasteiger partial charge is 0.238 e. The summed E-state index contributed by atoms with van der Waals surface area (Å²) < 4.78 is 19.1. The van der Waals surface area contributed by atoms with E-state index in [-0.39, 0.29) is 18.1 Å². The number of hydrogen-bond donors (Lipinski definition) is 1. The molecule has 0 spiro atoms. The Hall–Kier alpha value is -2.18. The summed E-state index contributed by atoms with van der Waals surface area (Å²) >= 11 is 0. The van der Waals surface area contributed by atoms with Crippen LogP contribution in [0.2, 0.25) is 0 Å². The first-order valence-corrected chi connectivity index (χ1v) is 8.13. The topological polar surface area (TPSA) is 48.7 Å². The van der Waals surface area contributed by atoms with Gasteiger partial charge in [0.1, 0.15) is 11.6 Å². The van der Waals surface area contributed by atoms with E-state index in [0.717, 1.165) is 44.0 Å². The summed E-state index contributed by atoms with van der Waals surface area (Å²) in [5.41, 5.74) is 1.07. The minimum absolute atomic E-state index is 0.183. The molecule has 1 fully saturated rings. The number of benzene rings is 1. The third-order valence-corrected chi connectivity index (χ3v) is 4.19. The summed E-state index contributed by atoms with van der Waals surface area (Å²) in [5.74, 6) is 0.375. The Bertz CT molecular complexity index is 680. The highest BCUT2D eigenvalue weighted by molar-refractivity contribution is 5.92. The van der Waals surface area contributed by atoms with Crippen LogP contribution in [0.3, 0.4) is 0 Å². The highest BCUT2D eigenvalue weighted by Gasteiger charge is 2.20. The Balaban J connectivity index is 1.44. The van der Waals surface area contributed by atoms with Crippen LogP contribution in [0.5, 0.6) is 0 Å². The van der Waals surface area contributed by atoms with Gasteiger partial charge < -0.3 is 9.73 Å². The molecule has 0 radical (unpaired) electrons. The second-order valence-electron chi connectivity index (χ2n) is 6.16. The lowest BCUT2D eigenvalue weighted by Gasteiger charge is -2.33. The summed E-state index contributed by atoms with van der Waals surface area (Å²) in [5, 5.41) is 2.65. The Morgan fingerprint density at radius 1 is 1.21 bits per heavy atom. The number of nitrogens with zero attached hydrogens (tertiary/aromatic N) is 2. The van der Waals surface area contributed by atoms with Crippen LogP contribution in [0.15, 0.2) is 41.0 Å². The maximum Gasteiger partial charge on any atom is 0.238 e. The normalized spacial score (nSPS) is 16.2. The molecule has 1 aromatic heterocycles. The molecule has 5 nitrogen and oxygen atoms in total. The Labute approximate surface area is 141 Å². The van der Waals surface area contributed by atoms with E-state index in [1.165, 1.54) is 6.07 Å². The fourth-order valence-corrected chi connectivity index (χ4v) is 2.84. The van der Waals surface area contributed by atoms with Crippen molar-refractivity contribution in [3.05, 3.63) is 53.7 Å². The lowest BCUT2D eigenvalue weighted by molar-refractivity contribution is -0.117. The first kappa shape index (κ1) is 16.7. The molecule has 1 N–H and O–H groups in total. The molecule has 0 unspecified atom stereocenters. The quantitative estimate of drug-likeness (QED) is 0.914. The number of halogens is 1. The van der Waals surface area contributed by atoms with Crippen molar-refractivity contribution < 1.29 is 13.6 Å². The Kier molecular flexibility index (Phi) is 5.27. The molecule has 1 aromatic carbocycles. The second-order valence-corrected chi connectivity index (χ2v) is 6.16. The number of nitrogens with one attached hydrogen (secondary N) is 1. The predicted molar refractivity (Wildman–Crippen MR) is 90.2 cm³/mol. The van der Waals surface area contributed by atoms with Crippen LogP contribution in [-0.4, -0.2) is 48.4 Å². The number of carbonyl (C=O) groups is 1. The number of rotatable bonds is 5. The summed E-state index contributed by atoms with van der Waals surface area (Å²) in [4.78, 5) is 16.5. The maximum atomic E-state index is 13.8. The molecule has 0 bridgehead atoms. The zero-order valence-corrected chi connectivity index (χ0v) is 13.8. The highest BCUT2D eigenvalue weighted by atomic mass is 19.1. The molecule has 24 heavy (non-hydrogen) atoms. The van der Waals surface area contributed by atoms with Gasteiger partial charge in [0, 0.05) is 26.2 Å². The zero-order chi connectivity index (χ0) is 16.9. The van der Waals surface area contributed by atoms with E-state index in [0.29, 0.717) is 0 Å². The predicted octanol–water partition coefficient (Wildman–Crippen LogP) is 2.48. The van der Waals surface area contributed by atoms with Gasteiger partial charge in [0.25, 0.3) is 0 Å². The van der Waals surface area contributed by atoms with E-state index in [1.54, 1.807) is 18.4 Å². The standard InChI is InChI=1S/C18H22FN3O2/c1-14-4-5-17(16(19)11-14)20-18(23)13-22-8-6-21(7-9-22)12-15-3-2-10-24-15/h2-5,10-11H,6-9,12-13H2,1H3,(H,20,23). The van der Waals surface area contributed by atoms with Gasteiger partial charge in [-0.05, 0) is 36.8 Å². The summed E-state index contributed by atoms with van der Waals surface area (Å²) in [6.45, 7) is 6.27. The molecule has 1 saturated heterocycles. The van der Waals surface area contributed by atoms with Crippen molar-refractivity contribution in [2.45, 2.75) is 13.5 Å². The van der Waals surface area contributed by atoms with Gasteiger partial charge in [-0.15, -0.1) is 0 Å². The van der Waals surface area contributed by atoms with Crippen LogP contribution in [0.1, 0.15) is 11.3 Å². The van der Waals surface area contributed by atoms with E-state index < -0.39 is 5.82 Å². The van der Waals surface area contributed by atoms with Crippen molar-refractivity contribution >= 4 is 11.6 Å². The van der Waals surface area contributed by atoms with Crippen molar-refractivity contribution in [2.24, 2.45) is 0 Å².